The molecule has 24 heavy (non-hydrogen) atoms. The van der Waals surface area contributed by atoms with Crippen LogP contribution < -0.4 is 5.56 Å². The largest absolute Gasteiger partial charge is 0.268 e. The molecule has 0 saturated carbocycles. The van der Waals surface area contributed by atoms with E-state index in [1.165, 1.54) is 0 Å². The third-order valence-corrected chi connectivity index (χ3v) is 3.95. The summed E-state index contributed by atoms with van der Waals surface area (Å²) in [5.74, 6) is 0. The minimum absolute atomic E-state index is 0.199. The van der Waals surface area contributed by atoms with Gasteiger partial charge >= 0.3 is 0 Å². The van der Waals surface area contributed by atoms with Crippen LogP contribution in [0, 0.1) is 0 Å². The zero-order valence-electron chi connectivity index (χ0n) is 12.7. The molecule has 3 aromatic rings. The molecule has 120 valence electrons. The van der Waals surface area contributed by atoms with E-state index in [2.05, 4.69) is 10.2 Å². The van der Waals surface area contributed by atoms with Crippen molar-refractivity contribution in [2.45, 2.75) is 6.42 Å². The standard InChI is InChI=1S/C19H14Cl2N2O/c20-16-5-1-3-13(10-16)7-8-18-12-15(19(24)23-22-18)9-14-4-2-6-17(21)11-14/h1-8,10-12H,9H2,(H,23,24)/b8-7+. The summed E-state index contributed by atoms with van der Waals surface area (Å²) in [5.41, 5.74) is 3.05. The fraction of sp³-hybridized carbons (Fsp3) is 0.0526. The van der Waals surface area contributed by atoms with E-state index in [-0.39, 0.29) is 5.56 Å². The smallest absolute Gasteiger partial charge is 0.267 e. The number of H-pyrrole nitrogens is 1. The van der Waals surface area contributed by atoms with E-state index < -0.39 is 0 Å². The highest BCUT2D eigenvalue weighted by molar-refractivity contribution is 6.31. The molecule has 3 rings (SSSR count). The highest BCUT2D eigenvalue weighted by Gasteiger charge is 2.04. The van der Waals surface area contributed by atoms with Gasteiger partial charge < -0.3 is 0 Å². The van der Waals surface area contributed by atoms with Crippen LogP contribution >= 0.6 is 23.2 Å². The van der Waals surface area contributed by atoms with Crippen molar-refractivity contribution >= 4 is 35.4 Å². The lowest BCUT2D eigenvalue weighted by Crippen LogP contribution is -2.15. The van der Waals surface area contributed by atoms with E-state index in [0.717, 1.165) is 11.1 Å². The number of nitrogens with zero attached hydrogens (tertiary/aromatic N) is 1. The van der Waals surface area contributed by atoms with Gasteiger partial charge in [0.25, 0.3) is 5.56 Å². The maximum absolute atomic E-state index is 12.0. The molecule has 0 bridgehead atoms. The first-order valence-corrected chi connectivity index (χ1v) is 8.12. The Morgan fingerprint density at radius 2 is 1.71 bits per heavy atom. The summed E-state index contributed by atoms with van der Waals surface area (Å²) < 4.78 is 0. The second-order valence-electron chi connectivity index (χ2n) is 5.34. The Bertz CT molecular complexity index is 948. The van der Waals surface area contributed by atoms with Gasteiger partial charge in [-0.1, -0.05) is 53.5 Å². The number of hydrogen-bond donors (Lipinski definition) is 1. The molecule has 0 aliphatic carbocycles. The molecular formula is C19H14Cl2N2O. The first kappa shape index (κ1) is 16.5. The first-order chi connectivity index (χ1) is 11.6. The zero-order valence-corrected chi connectivity index (χ0v) is 14.2. The molecule has 2 aromatic carbocycles. The third kappa shape index (κ3) is 4.34. The molecule has 0 saturated heterocycles. The van der Waals surface area contributed by atoms with Gasteiger partial charge in [0.2, 0.25) is 0 Å². The number of benzene rings is 2. The van der Waals surface area contributed by atoms with Gasteiger partial charge in [0.05, 0.1) is 5.69 Å². The van der Waals surface area contributed by atoms with E-state index >= 15 is 0 Å². The molecule has 0 radical (unpaired) electrons. The summed E-state index contributed by atoms with van der Waals surface area (Å²) in [6.07, 6.45) is 4.23. The van der Waals surface area contributed by atoms with Crippen molar-refractivity contribution in [2.75, 3.05) is 0 Å². The van der Waals surface area contributed by atoms with Crippen molar-refractivity contribution < 1.29 is 0 Å². The Hall–Kier alpha value is -2.36. The molecule has 0 atom stereocenters. The summed E-state index contributed by atoms with van der Waals surface area (Å²) in [6, 6.07) is 16.7. The van der Waals surface area contributed by atoms with Crippen LogP contribution in [0.25, 0.3) is 12.2 Å². The molecule has 5 heteroatoms. The van der Waals surface area contributed by atoms with Gasteiger partial charge in [0, 0.05) is 22.0 Å². The molecule has 0 amide bonds. The van der Waals surface area contributed by atoms with Gasteiger partial charge in [-0.2, -0.15) is 5.10 Å². The topological polar surface area (TPSA) is 45.8 Å². The van der Waals surface area contributed by atoms with Crippen molar-refractivity contribution in [2.24, 2.45) is 0 Å². The fourth-order valence-electron chi connectivity index (χ4n) is 2.34. The minimum Gasteiger partial charge on any atom is -0.268 e. The normalized spacial score (nSPS) is 11.1. The summed E-state index contributed by atoms with van der Waals surface area (Å²) in [4.78, 5) is 12.0. The number of aromatic amines is 1. The number of hydrogen-bond acceptors (Lipinski definition) is 2. The monoisotopic (exact) mass is 356 g/mol. The van der Waals surface area contributed by atoms with Gasteiger partial charge in [0.1, 0.15) is 0 Å². The molecular weight excluding hydrogens is 343 g/mol. The molecule has 3 nitrogen and oxygen atoms in total. The van der Waals surface area contributed by atoms with Crippen LogP contribution in [-0.2, 0) is 6.42 Å². The van der Waals surface area contributed by atoms with Crippen LogP contribution in [0.1, 0.15) is 22.4 Å². The van der Waals surface area contributed by atoms with Gasteiger partial charge in [0.15, 0.2) is 0 Å². The number of halogens is 2. The Morgan fingerprint density at radius 3 is 2.46 bits per heavy atom. The number of aromatic nitrogens is 2. The zero-order chi connectivity index (χ0) is 16.9. The summed E-state index contributed by atoms with van der Waals surface area (Å²) in [7, 11) is 0. The first-order valence-electron chi connectivity index (χ1n) is 7.37. The highest BCUT2D eigenvalue weighted by atomic mass is 35.5. The lowest BCUT2D eigenvalue weighted by Gasteiger charge is -2.03. The summed E-state index contributed by atoms with van der Waals surface area (Å²) in [5, 5.41) is 7.91. The maximum Gasteiger partial charge on any atom is 0.267 e. The summed E-state index contributed by atoms with van der Waals surface area (Å²) in [6.45, 7) is 0. The van der Waals surface area contributed by atoms with E-state index in [9.17, 15) is 4.79 Å². The Morgan fingerprint density at radius 1 is 0.958 bits per heavy atom. The van der Waals surface area contributed by atoms with Crippen LogP contribution in [-0.4, -0.2) is 10.2 Å². The van der Waals surface area contributed by atoms with Gasteiger partial charge in [-0.05, 0) is 47.5 Å². The second-order valence-corrected chi connectivity index (χ2v) is 6.22. The van der Waals surface area contributed by atoms with Crippen molar-refractivity contribution in [3.8, 4) is 0 Å². The SMILES string of the molecule is O=c1[nH]nc(/C=C/c2cccc(Cl)c2)cc1Cc1cccc(Cl)c1. The number of rotatable bonds is 4. The summed E-state index contributed by atoms with van der Waals surface area (Å²) >= 11 is 12.0. The van der Waals surface area contributed by atoms with E-state index in [0.29, 0.717) is 27.7 Å². The highest BCUT2D eigenvalue weighted by Crippen LogP contribution is 2.15. The van der Waals surface area contributed by atoms with Crippen molar-refractivity contribution in [1.82, 2.24) is 10.2 Å². The van der Waals surface area contributed by atoms with Crippen molar-refractivity contribution in [3.05, 3.63) is 97.4 Å². The molecule has 0 aliphatic rings. The lowest BCUT2D eigenvalue weighted by molar-refractivity contribution is 0.939. The average Bonchev–Trinajstić information content (AvgIpc) is 2.56. The molecule has 1 heterocycles. The third-order valence-electron chi connectivity index (χ3n) is 3.48. The Balaban J connectivity index is 1.85. The molecule has 0 unspecified atom stereocenters. The Labute approximate surface area is 149 Å². The lowest BCUT2D eigenvalue weighted by atomic mass is 10.1. The minimum atomic E-state index is -0.199. The van der Waals surface area contributed by atoms with Crippen LogP contribution in [0.4, 0.5) is 0 Å². The number of nitrogens with one attached hydrogen (secondary N) is 1. The van der Waals surface area contributed by atoms with E-state index in [4.69, 9.17) is 23.2 Å². The van der Waals surface area contributed by atoms with Crippen molar-refractivity contribution in [3.63, 3.8) is 0 Å². The molecule has 1 N–H and O–H groups in total. The van der Waals surface area contributed by atoms with Crippen molar-refractivity contribution in [1.29, 1.82) is 0 Å². The quantitative estimate of drug-likeness (QED) is 0.726. The van der Waals surface area contributed by atoms with Gasteiger partial charge in [-0.25, -0.2) is 5.10 Å². The van der Waals surface area contributed by atoms with Crippen LogP contribution in [0.15, 0.2) is 59.4 Å². The molecule has 0 aliphatic heterocycles. The van der Waals surface area contributed by atoms with E-state index in [1.807, 2.05) is 54.6 Å². The average molecular weight is 357 g/mol. The predicted octanol–water partition coefficient (Wildman–Crippen LogP) is 4.84. The second kappa shape index (κ2) is 7.47. The van der Waals surface area contributed by atoms with Crippen LogP contribution in [0.5, 0.6) is 0 Å². The van der Waals surface area contributed by atoms with Gasteiger partial charge in [-0.15, -0.1) is 0 Å². The van der Waals surface area contributed by atoms with Gasteiger partial charge in [-0.3, -0.25) is 4.79 Å². The fourth-order valence-corrected chi connectivity index (χ4v) is 2.75. The Kier molecular flexibility index (Phi) is 5.14. The molecule has 0 spiro atoms. The maximum atomic E-state index is 12.0. The van der Waals surface area contributed by atoms with Crippen LogP contribution in [0.3, 0.4) is 0 Å². The molecule has 1 aromatic heterocycles. The molecule has 0 fully saturated rings. The van der Waals surface area contributed by atoms with Crippen LogP contribution in [0.2, 0.25) is 10.0 Å². The van der Waals surface area contributed by atoms with E-state index in [1.54, 1.807) is 12.1 Å². The predicted molar refractivity (Wildman–Crippen MR) is 99.5 cm³/mol.